The molecule has 0 fully saturated rings. The molecule has 6 heteroatoms. The fourth-order valence-corrected chi connectivity index (χ4v) is 2.95. The van der Waals surface area contributed by atoms with E-state index < -0.39 is 0 Å². The first kappa shape index (κ1) is 15.1. The smallest absolute Gasteiger partial charge is 0.224 e. The van der Waals surface area contributed by atoms with E-state index in [-0.39, 0.29) is 5.91 Å². The second-order valence-electron chi connectivity index (χ2n) is 5.39. The van der Waals surface area contributed by atoms with Crippen LogP contribution in [0.1, 0.15) is 28.7 Å². The molecule has 2 heterocycles. The second kappa shape index (κ2) is 5.79. The van der Waals surface area contributed by atoms with Crippen molar-refractivity contribution in [2.24, 2.45) is 0 Å². The van der Waals surface area contributed by atoms with Gasteiger partial charge in [0.25, 0.3) is 0 Å². The van der Waals surface area contributed by atoms with Gasteiger partial charge in [-0.15, -0.1) is 0 Å². The van der Waals surface area contributed by atoms with Crippen molar-refractivity contribution in [3.05, 3.63) is 41.2 Å². The van der Waals surface area contributed by atoms with Crippen molar-refractivity contribution in [3.63, 3.8) is 0 Å². The van der Waals surface area contributed by atoms with Crippen LogP contribution < -0.4 is 14.4 Å². The van der Waals surface area contributed by atoms with E-state index in [0.29, 0.717) is 30.3 Å². The number of benzene rings is 1. The van der Waals surface area contributed by atoms with Crippen molar-refractivity contribution >= 4 is 17.9 Å². The van der Waals surface area contributed by atoms with E-state index in [2.05, 4.69) is 0 Å². The number of nitrogens with zero attached hydrogens (tertiary/aromatic N) is 2. The molecule has 0 saturated heterocycles. The van der Waals surface area contributed by atoms with Crippen LogP contribution in [0.4, 0.5) is 5.69 Å². The molecule has 0 unspecified atom stereocenters. The maximum Gasteiger partial charge on any atom is 0.224 e. The summed E-state index contributed by atoms with van der Waals surface area (Å²) >= 11 is 0. The molecule has 1 aliphatic rings. The van der Waals surface area contributed by atoms with Crippen molar-refractivity contribution in [2.45, 2.75) is 20.0 Å². The molecule has 23 heavy (non-hydrogen) atoms. The summed E-state index contributed by atoms with van der Waals surface area (Å²) in [5.41, 5.74) is 3.18. The molecule has 6 nitrogen and oxygen atoms in total. The van der Waals surface area contributed by atoms with Gasteiger partial charge in [0.1, 0.15) is 0 Å². The van der Waals surface area contributed by atoms with Gasteiger partial charge in [0.2, 0.25) is 5.91 Å². The Morgan fingerprint density at radius 2 is 1.83 bits per heavy atom. The maximum absolute atomic E-state index is 12.1. The number of fused-ring (bicyclic) bond motifs is 2. The third-order valence-corrected chi connectivity index (χ3v) is 4.13. The number of hydrogen-bond donors (Lipinski definition) is 0. The third kappa shape index (κ3) is 2.46. The largest absolute Gasteiger partial charge is 0.493 e. The van der Waals surface area contributed by atoms with Gasteiger partial charge < -0.3 is 18.9 Å². The van der Waals surface area contributed by atoms with Gasteiger partial charge in [-0.1, -0.05) is 0 Å². The van der Waals surface area contributed by atoms with Crippen molar-refractivity contribution in [2.75, 3.05) is 19.1 Å². The van der Waals surface area contributed by atoms with Gasteiger partial charge in [0.15, 0.2) is 17.8 Å². The molecule has 1 aliphatic heterocycles. The summed E-state index contributed by atoms with van der Waals surface area (Å²) in [7, 11) is 3.13. The highest BCUT2D eigenvalue weighted by atomic mass is 16.5. The van der Waals surface area contributed by atoms with Crippen LogP contribution in [0.25, 0.3) is 0 Å². The Balaban J connectivity index is 2.21. The van der Waals surface area contributed by atoms with Gasteiger partial charge >= 0.3 is 0 Å². The van der Waals surface area contributed by atoms with Gasteiger partial charge in [-0.05, 0) is 23.8 Å². The topological polar surface area (TPSA) is 60.8 Å². The van der Waals surface area contributed by atoms with Gasteiger partial charge in [-0.2, -0.15) is 0 Å². The summed E-state index contributed by atoms with van der Waals surface area (Å²) in [4.78, 5) is 25.1. The number of methoxy groups -OCH3 is 2. The van der Waals surface area contributed by atoms with E-state index in [1.54, 1.807) is 25.2 Å². The number of hydrogen-bond acceptors (Lipinski definition) is 4. The molecular weight excluding hydrogens is 296 g/mol. The lowest BCUT2D eigenvalue weighted by Gasteiger charge is -2.22. The molecule has 120 valence electrons. The summed E-state index contributed by atoms with van der Waals surface area (Å²) in [6.07, 6.45) is 0.827. The monoisotopic (exact) mass is 314 g/mol. The summed E-state index contributed by atoms with van der Waals surface area (Å²) in [6.45, 7) is 2.43. The quantitative estimate of drug-likeness (QED) is 0.815. The number of carbonyl (C=O) groups excluding carboxylic acids is 2. The SMILES string of the molecule is COc1cc2c(cc1OC)N(C(C)=O)Cc1ccc(C=O)n1C2. The highest BCUT2D eigenvalue weighted by Crippen LogP contribution is 2.38. The molecular formula is C17H18N2O4. The Bertz CT molecular complexity index is 779. The minimum Gasteiger partial charge on any atom is -0.493 e. The third-order valence-electron chi connectivity index (χ3n) is 4.13. The Labute approximate surface area is 134 Å². The van der Waals surface area contributed by atoms with Crippen LogP contribution in [0.5, 0.6) is 11.5 Å². The minimum atomic E-state index is -0.0687. The number of carbonyl (C=O) groups is 2. The van der Waals surface area contributed by atoms with Gasteiger partial charge in [0, 0.05) is 18.7 Å². The Morgan fingerprint density at radius 3 is 2.43 bits per heavy atom. The molecule has 1 aromatic heterocycles. The number of anilines is 1. The van der Waals surface area contributed by atoms with E-state index in [1.165, 1.54) is 6.92 Å². The Hall–Kier alpha value is -2.76. The lowest BCUT2D eigenvalue weighted by atomic mass is 10.1. The Kier molecular flexibility index (Phi) is 3.82. The summed E-state index contributed by atoms with van der Waals surface area (Å²) in [5.74, 6) is 1.10. The fraction of sp³-hybridized carbons (Fsp3) is 0.294. The van der Waals surface area contributed by atoms with E-state index >= 15 is 0 Å². The highest BCUT2D eigenvalue weighted by Gasteiger charge is 2.25. The van der Waals surface area contributed by atoms with Crippen LogP contribution in [-0.4, -0.2) is 31.0 Å². The van der Waals surface area contributed by atoms with E-state index in [4.69, 9.17) is 9.47 Å². The molecule has 0 N–H and O–H groups in total. The van der Waals surface area contributed by atoms with Crippen LogP contribution in [0.3, 0.4) is 0 Å². The molecule has 0 spiro atoms. The van der Waals surface area contributed by atoms with E-state index in [1.807, 2.05) is 22.8 Å². The average molecular weight is 314 g/mol. The number of ether oxygens (including phenoxy) is 2. The van der Waals surface area contributed by atoms with Crippen LogP contribution in [0.2, 0.25) is 0 Å². The lowest BCUT2D eigenvalue weighted by Crippen LogP contribution is -2.28. The standard InChI is InChI=1S/C17H18N2O4/c1-11(21)18-9-13-4-5-14(10-20)19(13)8-12-6-16(22-2)17(23-3)7-15(12)18/h4-7,10H,8-9H2,1-3H3. The molecule has 1 amide bonds. The Morgan fingerprint density at radius 1 is 1.13 bits per heavy atom. The van der Waals surface area contributed by atoms with Crippen LogP contribution in [0.15, 0.2) is 24.3 Å². The minimum absolute atomic E-state index is 0.0687. The van der Waals surface area contributed by atoms with Gasteiger partial charge in [0.05, 0.1) is 38.7 Å². The first-order valence-corrected chi connectivity index (χ1v) is 7.25. The zero-order valence-corrected chi connectivity index (χ0v) is 13.3. The van der Waals surface area contributed by atoms with E-state index in [0.717, 1.165) is 23.2 Å². The van der Waals surface area contributed by atoms with Crippen LogP contribution in [-0.2, 0) is 17.9 Å². The molecule has 2 aromatic rings. The summed E-state index contributed by atoms with van der Waals surface area (Å²) < 4.78 is 12.6. The fourth-order valence-electron chi connectivity index (χ4n) is 2.95. The zero-order chi connectivity index (χ0) is 16.6. The molecule has 0 radical (unpaired) electrons. The van der Waals surface area contributed by atoms with Crippen molar-refractivity contribution in [1.29, 1.82) is 0 Å². The highest BCUT2D eigenvalue weighted by molar-refractivity contribution is 5.93. The maximum atomic E-state index is 12.1. The molecule has 0 saturated carbocycles. The second-order valence-corrected chi connectivity index (χ2v) is 5.39. The number of amides is 1. The first-order chi connectivity index (χ1) is 11.1. The average Bonchev–Trinajstić information content (AvgIpc) is 2.85. The summed E-state index contributed by atoms with van der Waals surface area (Å²) in [5, 5.41) is 0. The number of rotatable bonds is 3. The lowest BCUT2D eigenvalue weighted by molar-refractivity contribution is -0.116. The number of aromatic nitrogens is 1. The predicted octanol–water partition coefficient (Wildman–Crippen LogP) is 2.23. The van der Waals surface area contributed by atoms with Gasteiger partial charge in [-0.25, -0.2) is 0 Å². The van der Waals surface area contributed by atoms with Crippen molar-refractivity contribution in [3.8, 4) is 11.5 Å². The zero-order valence-electron chi connectivity index (χ0n) is 13.3. The predicted molar refractivity (Wildman–Crippen MR) is 85.3 cm³/mol. The molecule has 0 aliphatic carbocycles. The van der Waals surface area contributed by atoms with E-state index in [9.17, 15) is 9.59 Å². The molecule has 0 atom stereocenters. The first-order valence-electron chi connectivity index (χ1n) is 7.25. The van der Waals surface area contributed by atoms with Gasteiger partial charge in [-0.3, -0.25) is 9.59 Å². The molecule has 0 bridgehead atoms. The van der Waals surface area contributed by atoms with Crippen molar-refractivity contribution in [1.82, 2.24) is 4.57 Å². The number of aldehydes is 1. The van der Waals surface area contributed by atoms with Crippen LogP contribution >= 0.6 is 0 Å². The molecule has 3 rings (SSSR count). The van der Waals surface area contributed by atoms with Crippen LogP contribution in [0, 0.1) is 0 Å². The van der Waals surface area contributed by atoms with Crippen molar-refractivity contribution < 1.29 is 19.1 Å². The summed E-state index contributed by atoms with van der Waals surface area (Å²) in [6, 6.07) is 7.31. The molecule has 1 aromatic carbocycles. The normalized spacial score (nSPS) is 12.9.